The Labute approximate surface area is 182 Å². The third-order valence-corrected chi connectivity index (χ3v) is 5.11. The Morgan fingerprint density at radius 3 is 2.20 bits per heavy atom. The molecule has 1 aromatic rings. The van der Waals surface area contributed by atoms with Crippen molar-refractivity contribution in [1.82, 2.24) is 5.32 Å². The van der Waals surface area contributed by atoms with E-state index in [-0.39, 0.29) is 11.8 Å². The maximum Gasteiger partial charge on any atom is 0.253 e. The van der Waals surface area contributed by atoms with Crippen LogP contribution < -0.4 is 15.5 Å². The first-order valence-electron chi connectivity index (χ1n) is 11.4. The van der Waals surface area contributed by atoms with Gasteiger partial charge in [0, 0.05) is 45.5 Å². The largest absolute Gasteiger partial charge is 0.383 e. The second kappa shape index (κ2) is 15.7. The first-order valence-corrected chi connectivity index (χ1v) is 11.4. The minimum absolute atomic E-state index is 0.00119. The molecule has 0 spiro atoms. The number of rotatable bonds is 16. The number of nitrogens with zero attached hydrogens (tertiary/aromatic N) is 1. The van der Waals surface area contributed by atoms with Crippen LogP contribution in [0.2, 0.25) is 0 Å². The van der Waals surface area contributed by atoms with E-state index in [4.69, 9.17) is 4.74 Å². The molecule has 170 valence electrons. The van der Waals surface area contributed by atoms with E-state index in [1.807, 2.05) is 31.1 Å². The molecule has 0 fully saturated rings. The zero-order chi connectivity index (χ0) is 22.2. The molecule has 6 heteroatoms. The molecule has 0 atom stereocenters. The molecule has 0 saturated carbocycles. The van der Waals surface area contributed by atoms with E-state index in [0.717, 1.165) is 18.5 Å². The Hall–Kier alpha value is -2.08. The van der Waals surface area contributed by atoms with Crippen LogP contribution in [0.1, 0.15) is 81.5 Å². The van der Waals surface area contributed by atoms with Crippen molar-refractivity contribution in [1.29, 1.82) is 0 Å². The van der Waals surface area contributed by atoms with E-state index in [1.165, 1.54) is 44.9 Å². The molecular formula is C24H41N3O3. The van der Waals surface area contributed by atoms with Crippen LogP contribution in [0.5, 0.6) is 0 Å². The fourth-order valence-electron chi connectivity index (χ4n) is 3.37. The predicted octanol–water partition coefficient (Wildman–Crippen LogP) is 4.99. The summed E-state index contributed by atoms with van der Waals surface area (Å²) >= 11 is 0. The zero-order valence-electron chi connectivity index (χ0n) is 19.4. The number of ether oxygens (including phenoxy) is 1. The summed E-state index contributed by atoms with van der Waals surface area (Å²) in [6.07, 6.45) is 11.6. The fraction of sp³-hybridized carbons (Fsp3) is 0.667. The van der Waals surface area contributed by atoms with Crippen molar-refractivity contribution < 1.29 is 14.3 Å². The van der Waals surface area contributed by atoms with E-state index >= 15 is 0 Å². The first-order chi connectivity index (χ1) is 14.5. The number of hydrogen-bond acceptors (Lipinski definition) is 4. The summed E-state index contributed by atoms with van der Waals surface area (Å²) in [4.78, 5) is 26.7. The lowest BCUT2D eigenvalue weighted by Crippen LogP contribution is -2.28. The fourth-order valence-corrected chi connectivity index (χ4v) is 3.37. The average Bonchev–Trinajstić information content (AvgIpc) is 2.72. The van der Waals surface area contributed by atoms with Gasteiger partial charge in [0.15, 0.2) is 0 Å². The van der Waals surface area contributed by atoms with E-state index in [1.54, 1.807) is 13.2 Å². The molecule has 0 bridgehead atoms. The van der Waals surface area contributed by atoms with Gasteiger partial charge in [-0.25, -0.2) is 0 Å². The monoisotopic (exact) mass is 419 g/mol. The molecule has 0 saturated heterocycles. The molecule has 0 aliphatic heterocycles. The third-order valence-electron chi connectivity index (χ3n) is 5.11. The first kappa shape index (κ1) is 26.0. The van der Waals surface area contributed by atoms with Crippen LogP contribution in [0.15, 0.2) is 18.2 Å². The van der Waals surface area contributed by atoms with Gasteiger partial charge < -0.3 is 20.3 Å². The summed E-state index contributed by atoms with van der Waals surface area (Å²) in [6, 6.07) is 5.44. The molecule has 1 aromatic carbocycles. The van der Waals surface area contributed by atoms with E-state index < -0.39 is 0 Å². The highest BCUT2D eigenvalue weighted by atomic mass is 16.5. The van der Waals surface area contributed by atoms with Crippen LogP contribution >= 0.6 is 0 Å². The summed E-state index contributed by atoms with van der Waals surface area (Å²) in [5.41, 5.74) is 2.00. The topological polar surface area (TPSA) is 70.7 Å². The number of anilines is 2. The maximum absolute atomic E-state index is 12.5. The highest BCUT2D eigenvalue weighted by Crippen LogP contribution is 2.23. The number of amides is 2. The van der Waals surface area contributed by atoms with Gasteiger partial charge in [0.2, 0.25) is 5.91 Å². The lowest BCUT2D eigenvalue weighted by Gasteiger charge is -2.18. The lowest BCUT2D eigenvalue weighted by atomic mass is 10.1. The number of nitrogens with one attached hydrogen (secondary N) is 2. The van der Waals surface area contributed by atoms with Gasteiger partial charge in [0.25, 0.3) is 5.91 Å². The standard InChI is InChI=1S/C24H41N3O3/c1-5-6-7-8-9-10-11-12-13-14-23(28)26-20-15-16-22(27(2)3)21(19-20)24(29)25-17-18-30-4/h15-16,19H,5-14,17-18H2,1-4H3,(H,25,29)(H,26,28). The van der Waals surface area contributed by atoms with Gasteiger partial charge in [-0.15, -0.1) is 0 Å². The molecule has 0 unspecified atom stereocenters. The molecular weight excluding hydrogens is 378 g/mol. The van der Waals surface area contributed by atoms with Crippen molar-refractivity contribution in [2.45, 2.75) is 71.1 Å². The van der Waals surface area contributed by atoms with E-state index in [2.05, 4.69) is 17.6 Å². The molecule has 0 radical (unpaired) electrons. The normalized spacial score (nSPS) is 10.7. The van der Waals surface area contributed by atoms with Crippen LogP contribution in [-0.2, 0) is 9.53 Å². The smallest absolute Gasteiger partial charge is 0.253 e. The molecule has 30 heavy (non-hydrogen) atoms. The quantitative estimate of drug-likeness (QED) is 0.370. The number of methoxy groups -OCH3 is 1. The summed E-state index contributed by atoms with van der Waals surface area (Å²) in [6.45, 7) is 3.13. The van der Waals surface area contributed by atoms with Gasteiger partial charge in [0.1, 0.15) is 0 Å². The zero-order valence-corrected chi connectivity index (χ0v) is 19.4. The van der Waals surface area contributed by atoms with Crippen molar-refractivity contribution in [2.24, 2.45) is 0 Å². The molecule has 2 N–H and O–H groups in total. The molecule has 0 aromatic heterocycles. The number of carbonyl (C=O) groups is 2. The highest BCUT2D eigenvalue weighted by molar-refractivity contribution is 6.02. The van der Waals surface area contributed by atoms with Crippen LogP contribution in [0.3, 0.4) is 0 Å². The molecule has 2 amide bonds. The Morgan fingerprint density at radius 2 is 1.60 bits per heavy atom. The van der Waals surface area contributed by atoms with Gasteiger partial charge in [-0.05, 0) is 24.6 Å². The summed E-state index contributed by atoms with van der Waals surface area (Å²) in [5, 5.41) is 5.78. The van der Waals surface area contributed by atoms with Crippen LogP contribution in [0.25, 0.3) is 0 Å². The molecule has 0 aliphatic carbocycles. The van der Waals surface area contributed by atoms with E-state index in [9.17, 15) is 9.59 Å². The third kappa shape index (κ3) is 10.6. The summed E-state index contributed by atoms with van der Waals surface area (Å²) in [7, 11) is 5.38. The minimum atomic E-state index is -0.175. The second-order valence-electron chi connectivity index (χ2n) is 8.00. The minimum Gasteiger partial charge on any atom is -0.383 e. The summed E-state index contributed by atoms with van der Waals surface area (Å²) < 4.78 is 4.98. The number of carbonyl (C=O) groups excluding carboxylic acids is 2. The number of hydrogen-bond donors (Lipinski definition) is 2. The Bertz CT molecular complexity index is 632. The van der Waals surface area contributed by atoms with Gasteiger partial charge in [-0.2, -0.15) is 0 Å². The van der Waals surface area contributed by atoms with Crippen LogP contribution in [-0.4, -0.2) is 46.2 Å². The predicted molar refractivity (Wildman–Crippen MR) is 125 cm³/mol. The van der Waals surface area contributed by atoms with Crippen molar-refractivity contribution in [2.75, 3.05) is 44.6 Å². The number of benzene rings is 1. The SMILES string of the molecule is CCCCCCCCCCCC(=O)Nc1ccc(N(C)C)c(C(=O)NCCOC)c1. The summed E-state index contributed by atoms with van der Waals surface area (Å²) in [5.74, 6) is -0.174. The van der Waals surface area contributed by atoms with Gasteiger partial charge >= 0.3 is 0 Å². The molecule has 0 aliphatic rings. The number of unbranched alkanes of at least 4 members (excludes halogenated alkanes) is 8. The Morgan fingerprint density at radius 1 is 0.967 bits per heavy atom. The van der Waals surface area contributed by atoms with Crippen molar-refractivity contribution in [3.63, 3.8) is 0 Å². The molecule has 6 nitrogen and oxygen atoms in total. The average molecular weight is 420 g/mol. The van der Waals surface area contributed by atoms with E-state index in [0.29, 0.717) is 30.8 Å². The highest BCUT2D eigenvalue weighted by Gasteiger charge is 2.14. The maximum atomic E-state index is 12.5. The Balaban J connectivity index is 2.45. The van der Waals surface area contributed by atoms with Crippen molar-refractivity contribution in [3.8, 4) is 0 Å². The second-order valence-corrected chi connectivity index (χ2v) is 8.00. The van der Waals surface area contributed by atoms with Crippen molar-refractivity contribution in [3.05, 3.63) is 23.8 Å². The Kier molecular flexibility index (Phi) is 13.6. The molecule has 0 heterocycles. The van der Waals surface area contributed by atoms with Crippen LogP contribution in [0.4, 0.5) is 11.4 Å². The van der Waals surface area contributed by atoms with Gasteiger partial charge in [-0.3, -0.25) is 9.59 Å². The van der Waals surface area contributed by atoms with Crippen LogP contribution in [0, 0.1) is 0 Å². The van der Waals surface area contributed by atoms with Crippen molar-refractivity contribution >= 4 is 23.2 Å². The van der Waals surface area contributed by atoms with Gasteiger partial charge in [-0.1, -0.05) is 58.3 Å². The lowest BCUT2D eigenvalue weighted by molar-refractivity contribution is -0.116. The molecule has 1 rings (SSSR count). The van der Waals surface area contributed by atoms with Gasteiger partial charge in [0.05, 0.1) is 12.2 Å².